The fourth-order valence-corrected chi connectivity index (χ4v) is 3.36. The van der Waals surface area contributed by atoms with Crippen molar-refractivity contribution < 1.29 is 24.4 Å². The van der Waals surface area contributed by atoms with Crippen LogP contribution >= 0.6 is 11.3 Å². The molecule has 2 amide bonds. The molecule has 1 aromatic carbocycles. The lowest BCUT2D eigenvalue weighted by atomic mass is 10.1. The molecule has 0 radical (unpaired) electrons. The molecule has 8 heteroatoms. The number of benzene rings is 1. The van der Waals surface area contributed by atoms with E-state index in [4.69, 9.17) is 4.74 Å². The summed E-state index contributed by atoms with van der Waals surface area (Å²) in [5.41, 5.74) is 1.28. The van der Waals surface area contributed by atoms with Crippen molar-refractivity contribution in [1.82, 2.24) is 5.32 Å². The number of likely N-dealkylation sites (N-methyl/N-ethyl adjacent to an activating group) is 1. The number of thiophene rings is 1. The smallest absolute Gasteiger partial charge is 0.341 e. The van der Waals surface area contributed by atoms with Crippen LogP contribution in [0.4, 0.5) is 5.00 Å². The molecule has 27 heavy (non-hydrogen) atoms. The molecule has 144 valence electrons. The Morgan fingerprint density at radius 3 is 2.56 bits per heavy atom. The highest BCUT2D eigenvalue weighted by atomic mass is 32.1. The van der Waals surface area contributed by atoms with Crippen molar-refractivity contribution in [3.63, 3.8) is 0 Å². The van der Waals surface area contributed by atoms with E-state index in [-0.39, 0.29) is 25.0 Å². The van der Waals surface area contributed by atoms with E-state index in [9.17, 15) is 14.4 Å². The number of nitrogens with two attached hydrogens (primary N) is 1. The van der Waals surface area contributed by atoms with E-state index < -0.39 is 12.0 Å². The summed E-state index contributed by atoms with van der Waals surface area (Å²) >= 11 is 1.32. The molecule has 4 N–H and O–H groups in total. The Hall–Kier alpha value is -2.71. The van der Waals surface area contributed by atoms with Crippen LogP contribution in [0.15, 0.2) is 36.4 Å². The lowest BCUT2D eigenvalue weighted by Crippen LogP contribution is -2.93. The van der Waals surface area contributed by atoms with E-state index >= 15 is 0 Å². The van der Waals surface area contributed by atoms with E-state index in [1.165, 1.54) is 11.3 Å². The molecule has 0 saturated heterocycles. The number of hydrogen-bond donors (Lipinski definition) is 3. The molecule has 0 unspecified atom stereocenters. The fraction of sp³-hybridized carbons (Fsp3) is 0.316. The first-order valence-electron chi connectivity index (χ1n) is 8.67. The number of hydrogen-bond acceptors (Lipinski definition) is 5. The molecule has 1 heterocycles. The standard InChI is InChI=1S/C19H23N3O4S/c1-4-26-19(25)14-10-15(13-8-6-5-7-9-13)27-18(14)22-17(24)12(2)21-11-16(23)20-3/h5-10,12,21H,4,11H2,1-3H3,(H,20,23)(H,22,24)/p+1/t12-/m1/s1. The number of esters is 1. The number of nitrogens with one attached hydrogen (secondary N) is 2. The zero-order valence-electron chi connectivity index (χ0n) is 15.6. The van der Waals surface area contributed by atoms with Gasteiger partial charge in [0, 0.05) is 11.9 Å². The Labute approximate surface area is 162 Å². The summed E-state index contributed by atoms with van der Waals surface area (Å²) in [6.07, 6.45) is 0. The highest BCUT2D eigenvalue weighted by Gasteiger charge is 2.23. The Bertz CT molecular complexity index is 805. The van der Waals surface area contributed by atoms with Gasteiger partial charge in [-0.1, -0.05) is 30.3 Å². The molecule has 2 rings (SSSR count). The molecule has 0 aliphatic heterocycles. The minimum absolute atomic E-state index is 0.148. The molecule has 0 saturated carbocycles. The number of carbonyl (C=O) groups is 3. The van der Waals surface area contributed by atoms with Crippen LogP contribution in [-0.4, -0.2) is 44.0 Å². The SMILES string of the molecule is CCOC(=O)c1cc(-c2ccccc2)sc1NC(=O)[C@@H](C)[NH2+]CC(=O)NC. The van der Waals surface area contributed by atoms with Gasteiger partial charge in [0.05, 0.1) is 12.2 Å². The van der Waals surface area contributed by atoms with Crippen LogP contribution < -0.4 is 16.0 Å². The minimum atomic E-state index is -0.486. The lowest BCUT2D eigenvalue weighted by molar-refractivity contribution is -0.662. The van der Waals surface area contributed by atoms with Crippen LogP contribution in [0.2, 0.25) is 0 Å². The topological polar surface area (TPSA) is 101 Å². The van der Waals surface area contributed by atoms with Gasteiger partial charge in [0.1, 0.15) is 5.00 Å². The van der Waals surface area contributed by atoms with Gasteiger partial charge in [0.2, 0.25) is 0 Å². The number of quaternary nitrogens is 1. The summed E-state index contributed by atoms with van der Waals surface area (Å²) < 4.78 is 5.11. The second kappa shape index (κ2) is 9.84. The third-order valence-electron chi connectivity index (χ3n) is 3.87. The van der Waals surface area contributed by atoms with Crippen LogP contribution in [0, 0.1) is 0 Å². The van der Waals surface area contributed by atoms with E-state index in [0.717, 1.165) is 10.4 Å². The third kappa shape index (κ3) is 5.63. The Kier molecular flexibility index (Phi) is 7.51. The lowest BCUT2D eigenvalue weighted by Gasteiger charge is -2.11. The largest absolute Gasteiger partial charge is 0.462 e. The van der Waals surface area contributed by atoms with E-state index in [2.05, 4.69) is 10.6 Å². The molecular weight excluding hydrogens is 366 g/mol. The third-order valence-corrected chi connectivity index (χ3v) is 4.97. The first-order valence-corrected chi connectivity index (χ1v) is 9.49. The number of carbonyl (C=O) groups excluding carboxylic acids is 3. The molecule has 7 nitrogen and oxygen atoms in total. The normalized spacial score (nSPS) is 11.5. The maximum atomic E-state index is 12.5. The van der Waals surface area contributed by atoms with Gasteiger partial charge in [-0.3, -0.25) is 9.59 Å². The van der Waals surface area contributed by atoms with Crippen LogP contribution in [0.25, 0.3) is 10.4 Å². The molecule has 0 aliphatic carbocycles. The summed E-state index contributed by atoms with van der Waals surface area (Å²) in [5, 5.41) is 7.38. The van der Waals surface area contributed by atoms with Crippen molar-refractivity contribution in [2.45, 2.75) is 19.9 Å². The van der Waals surface area contributed by atoms with Crippen LogP contribution in [-0.2, 0) is 14.3 Å². The quantitative estimate of drug-likeness (QED) is 0.590. The van der Waals surface area contributed by atoms with Crippen LogP contribution in [0.5, 0.6) is 0 Å². The molecule has 2 aromatic rings. The van der Waals surface area contributed by atoms with Crippen molar-refractivity contribution in [1.29, 1.82) is 0 Å². The van der Waals surface area contributed by atoms with Crippen molar-refractivity contribution in [3.05, 3.63) is 42.0 Å². The van der Waals surface area contributed by atoms with Gasteiger partial charge in [-0.15, -0.1) is 11.3 Å². The first kappa shape index (κ1) is 20.6. The second-order valence-corrected chi connectivity index (χ2v) is 6.88. The predicted molar refractivity (Wildman–Crippen MR) is 105 cm³/mol. The van der Waals surface area contributed by atoms with Gasteiger partial charge in [0.25, 0.3) is 11.8 Å². The van der Waals surface area contributed by atoms with E-state index in [1.807, 2.05) is 30.3 Å². The molecule has 0 aliphatic rings. The number of amides is 2. The summed E-state index contributed by atoms with van der Waals surface area (Å²) in [4.78, 5) is 37.0. The number of anilines is 1. The maximum absolute atomic E-state index is 12.5. The van der Waals surface area contributed by atoms with Gasteiger partial charge in [-0.2, -0.15) is 0 Å². The Morgan fingerprint density at radius 2 is 1.93 bits per heavy atom. The predicted octanol–water partition coefficient (Wildman–Crippen LogP) is 1.23. The second-order valence-electron chi connectivity index (χ2n) is 5.83. The molecule has 1 atom stereocenters. The molecule has 0 spiro atoms. The summed E-state index contributed by atoms with van der Waals surface area (Å²) in [7, 11) is 1.54. The minimum Gasteiger partial charge on any atom is -0.462 e. The first-order chi connectivity index (χ1) is 13.0. The van der Waals surface area contributed by atoms with Crippen LogP contribution in [0.1, 0.15) is 24.2 Å². The molecule has 0 bridgehead atoms. The zero-order chi connectivity index (χ0) is 19.8. The monoisotopic (exact) mass is 390 g/mol. The van der Waals surface area contributed by atoms with Gasteiger partial charge in [0.15, 0.2) is 12.6 Å². The summed E-state index contributed by atoms with van der Waals surface area (Å²) in [6, 6.07) is 10.8. The number of ether oxygens (including phenoxy) is 1. The Balaban J connectivity index is 2.20. The average molecular weight is 390 g/mol. The molecule has 1 aromatic heterocycles. The maximum Gasteiger partial charge on any atom is 0.341 e. The van der Waals surface area contributed by atoms with Gasteiger partial charge in [-0.05, 0) is 25.5 Å². The summed E-state index contributed by atoms with van der Waals surface area (Å²) in [6.45, 7) is 3.83. The highest BCUT2D eigenvalue weighted by Crippen LogP contribution is 2.35. The summed E-state index contributed by atoms with van der Waals surface area (Å²) in [5.74, 6) is -0.927. The van der Waals surface area contributed by atoms with Crippen molar-refractivity contribution in [3.8, 4) is 10.4 Å². The van der Waals surface area contributed by atoms with Gasteiger partial charge < -0.3 is 20.7 Å². The van der Waals surface area contributed by atoms with Gasteiger partial charge in [-0.25, -0.2) is 4.79 Å². The molecular formula is C19H24N3O4S+. The fourth-order valence-electron chi connectivity index (χ4n) is 2.31. The number of rotatable bonds is 8. The van der Waals surface area contributed by atoms with Gasteiger partial charge >= 0.3 is 5.97 Å². The van der Waals surface area contributed by atoms with Crippen molar-refractivity contribution >= 4 is 34.1 Å². The van der Waals surface area contributed by atoms with E-state index in [1.54, 1.807) is 32.3 Å². The van der Waals surface area contributed by atoms with Crippen molar-refractivity contribution in [2.75, 3.05) is 25.5 Å². The Morgan fingerprint density at radius 1 is 1.22 bits per heavy atom. The highest BCUT2D eigenvalue weighted by molar-refractivity contribution is 7.20. The van der Waals surface area contributed by atoms with Crippen molar-refractivity contribution in [2.24, 2.45) is 0 Å². The average Bonchev–Trinajstić information content (AvgIpc) is 3.10. The van der Waals surface area contributed by atoms with E-state index in [0.29, 0.717) is 10.6 Å². The molecule has 0 fully saturated rings. The zero-order valence-corrected chi connectivity index (χ0v) is 16.4. The van der Waals surface area contributed by atoms with Crippen LogP contribution in [0.3, 0.4) is 0 Å².